The van der Waals surface area contributed by atoms with E-state index in [1.807, 2.05) is 25.1 Å². The van der Waals surface area contributed by atoms with Crippen LogP contribution in [0.4, 0.5) is 5.69 Å². The minimum Gasteiger partial charge on any atom is -0.330 e. The molecule has 1 amide bonds. The first-order chi connectivity index (χ1) is 6.63. The average Bonchev–Trinajstić information content (AvgIpc) is 2.12. The Morgan fingerprint density at radius 2 is 2.20 bits per heavy atom. The third-order valence-electron chi connectivity index (χ3n) is 1.83. The SMILES string of the molecule is Cc1ccc(NC(=O)CCN)cc1Br.Cl. The van der Waals surface area contributed by atoms with Crippen LogP contribution >= 0.6 is 28.3 Å². The monoisotopic (exact) mass is 292 g/mol. The lowest BCUT2D eigenvalue weighted by Gasteiger charge is -2.05. The highest BCUT2D eigenvalue weighted by Gasteiger charge is 2.01. The van der Waals surface area contributed by atoms with E-state index in [0.29, 0.717) is 13.0 Å². The topological polar surface area (TPSA) is 55.1 Å². The molecule has 0 spiro atoms. The molecule has 0 bridgehead atoms. The van der Waals surface area contributed by atoms with Crippen molar-refractivity contribution in [2.45, 2.75) is 13.3 Å². The number of nitrogens with one attached hydrogen (secondary N) is 1. The number of carbonyl (C=O) groups excluding carboxylic acids is 1. The first-order valence-corrected chi connectivity index (χ1v) is 5.19. The van der Waals surface area contributed by atoms with Gasteiger partial charge in [-0.2, -0.15) is 0 Å². The van der Waals surface area contributed by atoms with Crippen molar-refractivity contribution in [2.24, 2.45) is 5.73 Å². The Hall–Kier alpha value is -0.580. The van der Waals surface area contributed by atoms with Gasteiger partial charge in [-0.1, -0.05) is 22.0 Å². The van der Waals surface area contributed by atoms with Gasteiger partial charge in [-0.25, -0.2) is 0 Å². The minimum atomic E-state index is -0.0525. The summed E-state index contributed by atoms with van der Waals surface area (Å²) >= 11 is 3.40. The zero-order valence-corrected chi connectivity index (χ0v) is 10.8. The van der Waals surface area contributed by atoms with Gasteiger partial charge >= 0.3 is 0 Å². The molecule has 84 valence electrons. The van der Waals surface area contributed by atoms with E-state index in [9.17, 15) is 4.79 Å². The Morgan fingerprint density at radius 3 is 2.73 bits per heavy atom. The largest absolute Gasteiger partial charge is 0.330 e. The zero-order valence-electron chi connectivity index (χ0n) is 8.42. The number of benzene rings is 1. The maximum Gasteiger partial charge on any atom is 0.225 e. The molecule has 1 aromatic carbocycles. The maximum absolute atomic E-state index is 11.2. The lowest BCUT2D eigenvalue weighted by Crippen LogP contribution is -2.16. The lowest BCUT2D eigenvalue weighted by atomic mass is 10.2. The summed E-state index contributed by atoms with van der Waals surface area (Å²) in [5.41, 5.74) is 7.20. The maximum atomic E-state index is 11.2. The van der Waals surface area contributed by atoms with Gasteiger partial charge in [0.05, 0.1) is 0 Å². The fourth-order valence-corrected chi connectivity index (χ4v) is 1.40. The Morgan fingerprint density at radius 1 is 1.53 bits per heavy atom. The van der Waals surface area contributed by atoms with E-state index in [4.69, 9.17) is 5.73 Å². The number of carbonyl (C=O) groups is 1. The van der Waals surface area contributed by atoms with Crippen molar-refractivity contribution in [3.63, 3.8) is 0 Å². The number of nitrogens with two attached hydrogens (primary N) is 1. The van der Waals surface area contributed by atoms with Crippen LogP contribution in [-0.2, 0) is 4.79 Å². The number of hydrogen-bond acceptors (Lipinski definition) is 2. The normalized spacial score (nSPS) is 9.27. The van der Waals surface area contributed by atoms with Crippen molar-refractivity contribution in [2.75, 3.05) is 11.9 Å². The van der Waals surface area contributed by atoms with Crippen molar-refractivity contribution < 1.29 is 4.79 Å². The van der Waals surface area contributed by atoms with Crippen LogP contribution in [0, 0.1) is 6.92 Å². The lowest BCUT2D eigenvalue weighted by molar-refractivity contribution is -0.116. The van der Waals surface area contributed by atoms with Crippen LogP contribution in [0.1, 0.15) is 12.0 Å². The third-order valence-corrected chi connectivity index (χ3v) is 2.68. The molecule has 0 aliphatic carbocycles. The summed E-state index contributed by atoms with van der Waals surface area (Å²) in [5.74, 6) is -0.0525. The summed E-state index contributed by atoms with van der Waals surface area (Å²) in [6, 6.07) is 5.69. The second kappa shape index (κ2) is 6.82. The van der Waals surface area contributed by atoms with Crippen LogP contribution < -0.4 is 11.1 Å². The van der Waals surface area contributed by atoms with Crippen molar-refractivity contribution >= 4 is 39.9 Å². The molecule has 0 aromatic heterocycles. The standard InChI is InChI=1S/C10H13BrN2O.ClH/c1-7-2-3-8(6-9(7)11)13-10(14)4-5-12;/h2-3,6H,4-5,12H2,1H3,(H,13,14);1H. The Bertz CT molecular complexity index is 344. The molecule has 0 radical (unpaired) electrons. The summed E-state index contributed by atoms with van der Waals surface area (Å²) < 4.78 is 0.989. The van der Waals surface area contributed by atoms with Crippen LogP contribution in [0.15, 0.2) is 22.7 Å². The van der Waals surface area contributed by atoms with Crippen LogP contribution in [0.2, 0.25) is 0 Å². The molecule has 0 aliphatic rings. The van der Waals surface area contributed by atoms with Crippen LogP contribution in [0.5, 0.6) is 0 Å². The van der Waals surface area contributed by atoms with Crippen LogP contribution in [-0.4, -0.2) is 12.5 Å². The first-order valence-electron chi connectivity index (χ1n) is 4.39. The van der Waals surface area contributed by atoms with Crippen molar-refractivity contribution in [1.29, 1.82) is 0 Å². The molecule has 3 N–H and O–H groups in total. The van der Waals surface area contributed by atoms with Crippen LogP contribution in [0.3, 0.4) is 0 Å². The molecule has 0 saturated carbocycles. The smallest absolute Gasteiger partial charge is 0.225 e. The fraction of sp³-hybridized carbons (Fsp3) is 0.300. The molecule has 15 heavy (non-hydrogen) atoms. The van der Waals surface area contributed by atoms with Gasteiger partial charge in [-0.05, 0) is 24.6 Å². The number of anilines is 1. The van der Waals surface area contributed by atoms with Crippen molar-refractivity contribution in [1.82, 2.24) is 0 Å². The molecule has 0 aliphatic heterocycles. The molecule has 1 rings (SSSR count). The number of rotatable bonds is 3. The summed E-state index contributed by atoms with van der Waals surface area (Å²) in [6.07, 6.45) is 0.353. The van der Waals surface area contributed by atoms with E-state index >= 15 is 0 Å². The summed E-state index contributed by atoms with van der Waals surface area (Å²) in [7, 11) is 0. The summed E-state index contributed by atoms with van der Waals surface area (Å²) in [5, 5.41) is 2.76. The van der Waals surface area contributed by atoms with Crippen molar-refractivity contribution in [3.05, 3.63) is 28.2 Å². The molecule has 5 heteroatoms. The van der Waals surface area contributed by atoms with Crippen LogP contribution in [0.25, 0.3) is 0 Å². The molecule has 1 aromatic rings. The van der Waals surface area contributed by atoms with Crippen molar-refractivity contribution in [3.8, 4) is 0 Å². The molecule has 0 heterocycles. The predicted molar refractivity (Wildman–Crippen MR) is 68.4 cm³/mol. The van der Waals surface area contributed by atoms with E-state index in [0.717, 1.165) is 15.7 Å². The second-order valence-corrected chi connectivity index (χ2v) is 3.91. The number of aryl methyl sites for hydroxylation is 1. The highest BCUT2D eigenvalue weighted by Crippen LogP contribution is 2.20. The molecule has 0 unspecified atom stereocenters. The second-order valence-electron chi connectivity index (χ2n) is 3.05. The average molecular weight is 294 g/mol. The summed E-state index contributed by atoms with van der Waals surface area (Å²) in [4.78, 5) is 11.2. The molecule has 0 fully saturated rings. The van der Waals surface area contributed by atoms with E-state index < -0.39 is 0 Å². The highest BCUT2D eigenvalue weighted by atomic mass is 79.9. The van der Waals surface area contributed by atoms with Gasteiger partial charge in [0, 0.05) is 23.1 Å². The molecular formula is C10H14BrClN2O. The van der Waals surface area contributed by atoms with Gasteiger partial charge in [0.15, 0.2) is 0 Å². The first kappa shape index (κ1) is 14.4. The highest BCUT2D eigenvalue weighted by molar-refractivity contribution is 9.10. The number of hydrogen-bond donors (Lipinski definition) is 2. The van der Waals surface area contributed by atoms with E-state index in [2.05, 4.69) is 21.2 Å². The Kier molecular flexibility index (Phi) is 6.56. The van der Waals surface area contributed by atoms with Gasteiger partial charge < -0.3 is 11.1 Å². The molecular weight excluding hydrogens is 279 g/mol. The van der Waals surface area contributed by atoms with Gasteiger partial charge in [-0.3, -0.25) is 4.79 Å². The molecule has 3 nitrogen and oxygen atoms in total. The van der Waals surface area contributed by atoms with Gasteiger partial charge in [0.1, 0.15) is 0 Å². The Labute approximate surface area is 104 Å². The van der Waals surface area contributed by atoms with Gasteiger partial charge in [0.25, 0.3) is 0 Å². The Balaban J connectivity index is 0.00000196. The third kappa shape index (κ3) is 4.64. The number of halogens is 2. The molecule has 0 atom stereocenters. The fourth-order valence-electron chi connectivity index (χ4n) is 1.03. The quantitative estimate of drug-likeness (QED) is 0.899. The van der Waals surface area contributed by atoms with Gasteiger partial charge in [0.2, 0.25) is 5.91 Å². The van der Waals surface area contributed by atoms with E-state index in [1.54, 1.807) is 0 Å². The zero-order chi connectivity index (χ0) is 10.6. The number of amides is 1. The van der Waals surface area contributed by atoms with E-state index in [1.165, 1.54) is 0 Å². The predicted octanol–water partition coefficient (Wildman–Crippen LogP) is 2.47. The molecule has 0 saturated heterocycles. The van der Waals surface area contributed by atoms with E-state index in [-0.39, 0.29) is 18.3 Å². The minimum absolute atomic E-state index is 0. The van der Waals surface area contributed by atoms with Gasteiger partial charge in [-0.15, -0.1) is 12.4 Å². The summed E-state index contributed by atoms with van der Waals surface area (Å²) in [6.45, 7) is 2.37.